The minimum Gasteiger partial charge on any atom is -0.325 e. The first-order valence-corrected chi connectivity index (χ1v) is 8.66. The van der Waals surface area contributed by atoms with E-state index in [4.69, 9.17) is 0 Å². The molecule has 1 N–H and O–H groups in total. The zero-order valence-electron chi connectivity index (χ0n) is 13.9. The smallest absolute Gasteiger partial charge is 0.228 e. The van der Waals surface area contributed by atoms with Crippen LogP contribution in [0.4, 0.5) is 5.69 Å². The molecule has 0 radical (unpaired) electrons. The fraction of sp³-hybridized carbons (Fsp3) is 0.227. The van der Waals surface area contributed by atoms with Crippen LogP contribution >= 0.6 is 0 Å². The Bertz CT molecular complexity index is 899. The fourth-order valence-electron chi connectivity index (χ4n) is 3.63. The number of benzene rings is 3. The van der Waals surface area contributed by atoms with Gasteiger partial charge in [-0.1, -0.05) is 55.5 Å². The molecule has 0 bridgehead atoms. The lowest BCUT2D eigenvalue weighted by Gasteiger charge is -2.11. The summed E-state index contributed by atoms with van der Waals surface area (Å²) in [6, 6.07) is 18.9. The van der Waals surface area contributed by atoms with Gasteiger partial charge in [0, 0.05) is 11.1 Å². The summed E-state index contributed by atoms with van der Waals surface area (Å²) >= 11 is 0. The highest BCUT2D eigenvalue weighted by molar-refractivity contribution is 6.05. The molecule has 2 heteroatoms. The van der Waals surface area contributed by atoms with Gasteiger partial charge in [0.15, 0.2) is 0 Å². The third-order valence-corrected chi connectivity index (χ3v) is 4.95. The van der Waals surface area contributed by atoms with Crippen LogP contribution in [0.1, 0.15) is 29.2 Å². The van der Waals surface area contributed by atoms with E-state index in [1.807, 2.05) is 18.2 Å². The molecule has 0 fully saturated rings. The summed E-state index contributed by atoms with van der Waals surface area (Å²) in [6.07, 6.45) is 3.64. The van der Waals surface area contributed by atoms with E-state index in [1.54, 1.807) is 0 Å². The molecular weight excluding hydrogens is 294 g/mol. The van der Waals surface area contributed by atoms with Gasteiger partial charge in [0.2, 0.25) is 5.91 Å². The van der Waals surface area contributed by atoms with Crippen molar-refractivity contribution in [3.05, 3.63) is 76.9 Å². The maximum atomic E-state index is 12.5. The van der Waals surface area contributed by atoms with Crippen molar-refractivity contribution in [2.45, 2.75) is 32.6 Å². The molecule has 0 aromatic heterocycles. The largest absolute Gasteiger partial charge is 0.325 e. The molecule has 0 atom stereocenters. The second-order valence-corrected chi connectivity index (χ2v) is 6.51. The Hall–Kier alpha value is -2.61. The molecule has 1 amide bonds. The van der Waals surface area contributed by atoms with Gasteiger partial charge in [0.05, 0.1) is 6.42 Å². The third kappa shape index (κ3) is 2.69. The van der Waals surface area contributed by atoms with Gasteiger partial charge >= 0.3 is 0 Å². The van der Waals surface area contributed by atoms with E-state index in [0.717, 1.165) is 35.9 Å². The average molecular weight is 315 g/mol. The molecular formula is C22H21NO. The van der Waals surface area contributed by atoms with E-state index < -0.39 is 0 Å². The van der Waals surface area contributed by atoms with Crippen molar-refractivity contribution < 1.29 is 4.79 Å². The number of hydrogen-bond acceptors (Lipinski definition) is 1. The third-order valence-electron chi connectivity index (χ3n) is 4.95. The van der Waals surface area contributed by atoms with Crippen LogP contribution in [0.25, 0.3) is 10.8 Å². The van der Waals surface area contributed by atoms with Crippen molar-refractivity contribution in [3.8, 4) is 0 Å². The van der Waals surface area contributed by atoms with Gasteiger partial charge in [-0.2, -0.15) is 0 Å². The van der Waals surface area contributed by atoms with Crippen LogP contribution in [0.2, 0.25) is 0 Å². The molecule has 0 aliphatic heterocycles. The van der Waals surface area contributed by atoms with Crippen molar-refractivity contribution in [1.82, 2.24) is 0 Å². The maximum absolute atomic E-state index is 12.5. The molecule has 0 spiro atoms. The minimum atomic E-state index is 0.0398. The lowest BCUT2D eigenvalue weighted by Crippen LogP contribution is -2.14. The monoisotopic (exact) mass is 315 g/mol. The Kier molecular flexibility index (Phi) is 3.81. The summed E-state index contributed by atoms with van der Waals surface area (Å²) < 4.78 is 0. The van der Waals surface area contributed by atoms with E-state index in [2.05, 4.69) is 48.6 Å². The van der Waals surface area contributed by atoms with E-state index in [9.17, 15) is 4.79 Å². The van der Waals surface area contributed by atoms with Crippen LogP contribution < -0.4 is 5.32 Å². The number of rotatable bonds is 4. The molecule has 24 heavy (non-hydrogen) atoms. The Morgan fingerprint density at radius 3 is 2.38 bits per heavy atom. The van der Waals surface area contributed by atoms with Crippen LogP contribution in [0.15, 0.2) is 54.6 Å². The van der Waals surface area contributed by atoms with Gasteiger partial charge in [0.25, 0.3) is 0 Å². The highest BCUT2D eigenvalue weighted by atomic mass is 16.1. The second kappa shape index (κ2) is 6.12. The van der Waals surface area contributed by atoms with E-state index in [0.29, 0.717) is 6.42 Å². The summed E-state index contributed by atoms with van der Waals surface area (Å²) in [7, 11) is 0. The topological polar surface area (TPSA) is 29.1 Å². The molecule has 4 rings (SSSR count). The first kappa shape index (κ1) is 14.9. The van der Waals surface area contributed by atoms with E-state index in [-0.39, 0.29) is 5.91 Å². The summed E-state index contributed by atoms with van der Waals surface area (Å²) in [5.74, 6) is 0.0398. The molecule has 0 saturated heterocycles. The molecule has 2 nitrogen and oxygen atoms in total. The van der Waals surface area contributed by atoms with Gasteiger partial charge in [0.1, 0.15) is 0 Å². The summed E-state index contributed by atoms with van der Waals surface area (Å²) in [5.41, 5.74) is 6.07. The highest BCUT2D eigenvalue weighted by Gasteiger charge is 2.16. The normalized spacial score (nSPS) is 12.5. The number of carbonyl (C=O) groups is 1. The Morgan fingerprint density at radius 1 is 0.917 bits per heavy atom. The zero-order valence-corrected chi connectivity index (χ0v) is 13.9. The minimum absolute atomic E-state index is 0.0398. The lowest BCUT2D eigenvalue weighted by molar-refractivity contribution is -0.115. The fourth-order valence-corrected chi connectivity index (χ4v) is 3.63. The van der Waals surface area contributed by atoms with Crippen molar-refractivity contribution in [1.29, 1.82) is 0 Å². The SMILES string of the molecule is CCc1ccc(CC(=O)Nc2ccc3c4c(cccc24)CC3)cc1. The number of aryl methyl sites for hydroxylation is 3. The zero-order chi connectivity index (χ0) is 16.5. The molecule has 0 saturated carbocycles. The predicted molar refractivity (Wildman–Crippen MR) is 99.5 cm³/mol. The Morgan fingerprint density at radius 2 is 1.62 bits per heavy atom. The van der Waals surface area contributed by atoms with Crippen LogP contribution in [0.3, 0.4) is 0 Å². The number of carbonyl (C=O) groups excluding carboxylic acids is 1. The molecule has 120 valence electrons. The number of amides is 1. The molecule has 3 aromatic rings. The number of nitrogens with one attached hydrogen (secondary N) is 1. The molecule has 1 aliphatic carbocycles. The van der Waals surface area contributed by atoms with Gasteiger partial charge in [-0.05, 0) is 53.0 Å². The summed E-state index contributed by atoms with van der Waals surface area (Å²) in [5, 5.41) is 5.61. The predicted octanol–water partition coefficient (Wildman–Crippen LogP) is 4.68. The standard InChI is InChI=1S/C22H21NO/c1-2-15-6-8-16(9-7-15)14-21(24)23-20-13-12-18-11-10-17-4-3-5-19(20)22(17)18/h3-9,12-13H,2,10-11,14H2,1H3,(H,23,24). The highest BCUT2D eigenvalue weighted by Crippen LogP contribution is 2.35. The van der Waals surface area contributed by atoms with E-state index in [1.165, 1.54) is 22.1 Å². The van der Waals surface area contributed by atoms with Gasteiger partial charge in [-0.25, -0.2) is 0 Å². The maximum Gasteiger partial charge on any atom is 0.228 e. The van der Waals surface area contributed by atoms with Crippen molar-refractivity contribution in [3.63, 3.8) is 0 Å². The number of hydrogen-bond donors (Lipinski definition) is 1. The number of anilines is 1. The van der Waals surface area contributed by atoms with Crippen LogP contribution in [0, 0.1) is 0 Å². The van der Waals surface area contributed by atoms with Crippen LogP contribution in [0.5, 0.6) is 0 Å². The molecule has 0 heterocycles. The van der Waals surface area contributed by atoms with Crippen LogP contribution in [-0.4, -0.2) is 5.91 Å². The Balaban J connectivity index is 1.57. The van der Waals surface area contributed by atoms with Crippen molar-refractivity contribution in [2.24, 2.45) is 0 Å². The van der Waals surface area contributed by atoms with Gasteiger partial charge in [-0.3, -0.25) is 4.79 Å². The quantitative estimate of drug-likeness (QED) is 0.744. The summed E-state index contributed by atoms with van der Waals surface area (Å²) in [4.78, 5) is 12.5. The molecule has 3 aromatic carbocycles. The van der Waals surface area contributed by atoms with E-state index >= 15 is 0 Å². The molecule has 1 aliphatic rings. The van der Waals surface area contributed by atoms with Crippen LogP contribution in [-0.2, 0) is 30.5 Å². The lowest BCUT2D eigenvalue weighted by atomic mass is 10.0. The first-order chi connectivity index (χ1) is 11.7. The average Bonchev–Trinajstić information content (AvgIpc) is 3.03. The van der Waals surface area contributed by atoms with Gasteiger partial charge < -0.3 is 5.32 Å². The Labute approximate surface area is 142 Å². The van der Waals surface area contributed by atoms with Crippen molar-refractivity contribution >= 4 is 22.4 Å². The first-order valence-electron chi connectivity index (χ1n) is 8.66. The van der Waals surface area contributed by atoms with Crippen molar-refractivity contribution in [2.75, 3.05) is 5.32 Å². The summed E-state index contributed by atoms with van der Waals surface area (Å²) in [6.45, 7) is 2.14. The second-order valence-electron chi connectivity index (χ2n) is 6.51. The molecule has 0 unspecified atom stereocenters. The van der Waals surface area contributed by atoms with Gasteiger partial charge in [-0.15, -0.1) is 0 Å².